The third kappa shape index (κ3) is 4.86. The normalized spacial score (nSPS) is 16.7. The number of benzene rings is 1. The van der Waals surface area contributed by atoms with Crippen LogP contribution in [0.1, 0.15) is 60.4 Å². The number of esters is 1. The second-order valence-electron chi connectivity index (χ2n) is 7.64. The fourth-order valence-electron chi connectivity index (χ4n) is 3.98. The number of amides is 1. The summed E-state index contributed by atoms with van der Waals surface area (Å²) in [5.74, 6) is -0.448. The fraction of sp³-hybridized carbons (Fsp3) is 0.522. The Morgan fingerprint density at radius 1 is 1.21 bits per heavy atom. The maximum absolute atomic E-state index is 13.4. The summed E-state index contributed by atoms with van der Waals surface area (Å²) in [7, 11) is 0. The first-order valence-corrected chi connectivity index (χ1v) is 10.6. The zero-order chi connectivity index (χ0) is 20.8. The Hall–Kier alpha value is -2.63. The van der Waals surface area contributed by atoms with Crippen LogP contribution in [0.5, 0.6) is 0 Å². The van der Waals surface area contributed by atoms with Crippen LogP contribution in [-0.2, 0) is 22.5 Å². The third-order valence-corrected chi connectivity index (χ3v) is 5.48. The van der Waals surface area contributed by atoms with Gasteiger partial charge in [0.1, 0.15) is 0 Å². The summed E-state index contributed by atoms with van der Waals surface area (Å²) >= 11 is 0. The Morgan fingerprint density at radius 2 is 1.97 bits per heavy atom. The van der Waals surface area contributed by atoms with Crippen LogP contribution in [0.3, 0.4) is 0 Å². The van der Waals surface area contributed by atoms with Crippen LogP contribution >= 0.6 is 0 Å². The summed E-state index contributed by atoms with van der Waals surface area (Å²) in [6, 6.07) is 10.1. The summed E-state index contributed by atoms with van der Waals surface area (Å²) in [4.78, 5) is 27.4. The molecule has 0 radical (unpaired) electrons. The van der Waals surface area contributed by atoms with Crippen molar-refractivity contribution in [2.24, 2.45) is 5.92 Å². The van der Waals surface area contributed by atoms with E-state index in [4.69, 9.17) is 9.84 Å². The standard InChI is InChI=1S/C23H31N3O3/c1-4-10-20-21(17(3)26(24-20)15-18-11-7-6-8-12-18)22(27)25-14-9-13-19(16-25)23(28)29-5-2/h6-8,11-12,19H,4-5,9-10,13-16H2,1-3H3/t19-/m0/s1. The molecular formula is C23H31N3O3. The average Bonchev–Trinajstić information content (AvgIpc) is 3.03. The number of ether oxygens (including phenoxy) is 1. The van der Waals surface area contributed by atoms with Crippen molar-refractivity contribution in [3.8, 4) is 0 Å². The van der Waals surface area contributed by atoms with E-state index < -0.39 is 0 Å². The first-order chi connectivity index (χ1) is 14.0. The van der Waals surface area contributed by atoms with Crippen LogP contribution in [-0.4, -0.2) is 46.3 Å². The molecule has 1 amide bonds. The molecule has 0 saturated carbocycles. The molecule has 0 spiro atoms. The van der Waals surface area contributed by atoms with Gasteiger partial charge in [0.05, 0.1) is 30.3 Å². The number of carbonyl (C=O) groups excluding carboxylic acids is 2. The molecule has 6 nitrogen and oxygen atoms in total. The van der Waals surface area contributed by atoms with Crippen molar-refractivity contribution in [2.45, 2.75) is 53.0 Å². The van der Waals surface area contributed by atoms with Crippen LogP contribution in [0, 0.1) is 12.8 Å². The Kier molecular flexibility index (Phi) is 7.07. The van der Waals surface area contributed by atoms with Crippen LogP contribution in [0.2, 0.25) is 0 Å². The number of nitrogens with zero attached hydrogens (tertiary/aromatic N) is 3. The molecule has 156 valence electrons. The van der Waals surface area contributed by atoms with E-state index in [-0.39, 0.29) is 17.8 Å². The number of likely N-dealkylation sites (tertiary alicyclic amines) is 1. The number of hydrogen-bond acceptors (Lipinski definition) is 4. The van der Waals surface area contributed by atoms with Gasteiger partial charge >= 0.3 is 5.97 Å². The van der Waals surface area contributed by atoms with Crippen molar-refractivity contribution in [3.63, 3.8) is 0 Å². The molecule has 0 unspecified atom stereocenters. The molecule has 6 heteroatoms. The number of aryl methyl sites for hydroxylation is 1. The predicted octanol–water partition coefficient (Wildman–Crippen LogP) is 3.61. The summed E-state index contributed by atoms with van der Waals surface area (Å²) in [5.41, 5.74) is 3.59. The molecule has 1 fully saturated rings. The van der Waals surface area contributed by atoms with Gasteiger partial charge in [0, 0.05) is 18.8 Å². The first-order valence-electron chi connectivity index (χ1n) is 10.6. The van der Waals surface area contributed by atoms with Gasteiger partial charge < -0.3 is 9.64 Å². The highest BCUT2D eigenvalue weighted by molar-refractivity contribution is 5.97. The molecule has 0 N–H and O–H groups in total. The zero-order valence-electron chi connectivity index (χ0n) is 17.7. The minimum Gasteiger partial charge on any atom is -0.466 e. The maximum Gasteiger partial charge on any atom is 0.310 e. The van der Waals surface area contributed by atoms with Gasteiger partial charge in [0.2, 0.25) is 0 Å². The predicted molar refractivity (Wildman–Crippen MR) is 112 cm³/mol. The minimum atomic E-state index is -0.234. The molecule has 1 aliphatic heterocycles. The van der Waals surface area contributed by atoms with Crippen LogP contribution in [0.15, 0.2) is 30.3 Å². The minimum absolute atomic E-state index is 0.0146. The number of rotatable bonds is 7. The van der Waals surface area contributed by atoms with Gasteiger partial charge in [0.15, 0.2) is 0 Å². The van der Waals surface area contributed by atoms with Gasteiger partial charge in [0.25, 0.3) is 5.91 Å². The van der Waals surface area contributed by atoms with E-state index in [0.717, 1.165) is 42.6 Å². The monoisotopic (exact) mass is 397 g/mol. The molecule has 1 aromatic heterocycles. The van der Waals surface area contributed by atoms with Crippen LogP contribution < -0.4 is 0 Å². The number of carbonyl (C=O) groups is 2. The average molecular weight is 398 g/mol. The largest absolute Gasteiger partial charge is 0.466 e. The van der Waals surface area contributed by atoms with E-state index in [1.165, 1.54) is 0 Å². The smallest absolute Gasteiger partial charge is 0.310 e. The molecule has 29 heavy (non-hydrogen) atoms. The lowest BCUT2D eigenvalue weighted by Gasteiger charge is -2.31. The van der Waals surface area contributed by atoms with Crippen molar-refractivity contribution in [1.29, 1.82) is 0 Å². The molecule has 0 aliphatic carbocycles. The zero-order valence-corrected chi connectivity index (χ0v) is 17.7. The lowest BCUT2D eigenvalue weighted by Crippen LogP contribution is -2.43. The van der Waals surface area contributed by atoms with E-state index in [0.29, 0.717) is 31.8 Å². The van der Waals surface area contributed by atoms with Gasteiger partial charge in [-0.15, -0.1) is 0 Å². The van der Waals surface area contributed by atoms with Gasteiger partial charge in [-0.2, -0.15) is 5.10 Å². The van der Waals surface area contributed by atoms with Crippen molar-refractivity contribution < 1.29 is 14.3 Å². The van der Waals surface area contributed by atoms with Gasteiger partial charge in [-0.3, -0.25) is 14.3 Å². The quantitative estimate of drug-likeness (QED) is 0.670. The van der Waals surface area contributed by atoms with E-state index in [2.05, 4.69) is 19.1 Å². The van der Waals surface area contributed by atoms with Crippen LogP contribution in [0.4, 0.5) is 0 Å². The lowest BCUT2D eigenvalue weighted by molar-refractivity contribution is -0.149. The summed E-state index contributed by atoms with van der Waals surface area (Å²) < 4.78 is 7.11. The molecule has 0 bridgehead atoms. The highest BCUT2D eigenvalue weighted by atomic mass is 16.5. The van der Waals surface area contributed by atoms with E-state index in [9.17, 15) is 9.59 Å². The molecule has 1 saturated heterocycles. The molecule has 1 aromatic carbocycles. The Balaban J connectivity index is 1.84. The molecule has 1 aliphatic rings. The van der Waals surface area contributed by atoms with Gasteiger partial charge in [-0.05, 0) is 38.7 Å². The van der Waals surface area contributed by atoms with Crippen molar-refractivity contribution in [2.75, 3.05) is 19.7 Å². The topological polar surface area (TPSA) is 64.4 Å². The fourth-order valence-corrected chi connectivity index (χ4v) is 3.98. The van der Waals surface area contributed by atoms with Crippen molar-refractivity contribution in [1.82, 2.24) is 14.7 Å². The summed E-state index contributed by atoms with van der Waals surface area (Å²) in [6.45, 7) is 7.98. The number of piperidine rings is 1. The highest BCUT2D eigenvalue weighted by Gasteiger charge is 2.32. The molecule has 1 atom stereocenters. The molecular weight excluding hydrogens is 366 g/mol. The maximum atomic E-state index is 13.4. The lowest BCUT2D eigenvalue weighted by atomic mass is 9.97. The van der Waals surface area contributed by atoms with Gasteiger partial charge in [-0.1, -0.05) is 43.7 Å². The van der Waals surface area contributed by atoms with E-state index in [1.54, 1.807) is 4.90 Å². The summed E-state index contributed by atoms with van der Waals surface area (Å²) in [5, 5.41) is 4.77. The van der Waals surface area contributed by atoms with Crippen LogP contribution in [0.25, 0.3) is 0 Å². The highest BCUT2D eigenvalue weighted by Crippen LogP contribution is 2.24. The Labute approximate surface area is 172 Å². The summed E-state index contributed by atoms with van der Waals surface area (Å²) in [6.07, 6.45) is 3.28. The second-order valence-corrected chi connectivity index (χ2v) is 7.64. The Morgan fingerprint density at radius 3 is 2.66 bits per heavy atom. The van der Waals surface area contributed by atoms with Crippen molar-refractivity contribution in [3.05, 3.63) is 52.8 Å². The van der Waals surface area contributed by atoms with Gasteiger partial charge in [-0.25, -0.2) is 0 Å². The number of aromatic nitrogens is 2. The molecule has 2 aromatic rings. The molecule has 2 heterocycles. The molecule has 3 rings (SSSR count). The third-order valence-electron chi connectivity index (χ3n) is 5.48. The first kappa shape index (κ1) is 21.1. The SMILES string of the molecule is CCCc1nn(Cc2ccccc2)c(C)c1C(=O)N1CCC[C@H](C(=O)OCC)C1. The Bertz CT molecular complexity index is 845. The van der Waals surface area contributed by atoms with Crippen molar-refractivity contribution >= 4 is 11.9 Å². The van der Waals surface area contributed by atoms with E-state index in [1.807, 2.05) is 36.7 Å². The second kappa shape index (κ2) is 9.72. The van der Waals surface area contributed by atoms with E-state index >= 15 is 0 Å². The number of hydrogen-bond donors (Lipinski definition) is 0.